The van der Waals surface area contributed by atoms with Crippen LogP contribution in [0.4, 0.5) is 10.5 Å². The molecule has 1 aliphatic rings. The van der Waals surface area contributed by atoms with Crippen molar-refractivity contribution in [2.45, 2.75) is 59.3 Å². The number of rotatable bonds is 7. The summed E-state index contributed by atoms with van der Waals surface area (Å²) in [5.41, 5.74) is 3.01. The fourth-order valence-electron chi connectivity index (χ4n) is 4.64. The number of aromatic nitrogens is 1. The van der Waals surface area contributed by atoms with E-state index >= 15 is 0 Å². The molecule has 10 heteroatoms. The maximum atomic E-state index is 12.5. The first-order valence-electron chi connectivity index (χ1n) is 14.5. The highest BCUT2D eigenvalue weighted by atomic mass is 16.6. The minimum atomic E-state index is -0.772. The number of hydrogen-bond acceptors (Lipinski definition) is 8. The highest BCUT2D eigenvalue weighted by Gasteiger charge is 2.41. The summed E-state index contributed by atoms with van der Waals surface area (Å²) < 4.78 is 21.2. The molecule has 0 bridgehead atoms. The Morgan fingerprint density at radius 1 is 0.932 bits per heavy atom. The molecule has 44 heavy (non-hydrogen) atoms. The Morgan fingerprint density at radius 3 is 2.34 bits per heavy atom. The predicted octanol–water partition coefficient (Wildman–Crippen LogP) is 6.55. The lowest BCUT2D eigenvalue weighted by atomic mass is 10.1. The number of anilines is 1. The van der Waals surface area contributed by atoms with E-state index in [2.05, 4.69) is 4.98 Å². The van der Waals surface area contributed by atoms with Gasteiger partial charge < -0.3 is 29.0 Å². The lowest BCUT2D eigenvalue weighted by Gasteiger charge is -2.28. The van der Waals surface area contributed by atoms with E-state index in [1.807, 2.05) is 48.5 Å². The molecule has 0 aliphatic carbocycles. The van der Waals surface area contributed by atoms with E-state index < -0.39 is 23.7 Å². The Kier molecular flexibility index (Phi) is 10.2. The van der Waals surface area contributed by atoms with Crippen molar-refractivity contribution in [3.63, 3.8) is 0 Å². The van der Waals surface area contributed by atoms with Crippen LogP contribution in [0.25, 0.3) is 10.9 Å². The van der Waals surface area contributed by atoms with Crippen LogP contribution in [0.5, 0.6) is 11.5 Å². The minimum absolute atomic E-state index is 0.0248. The van der Waals surface area contributed by atoms with Gasteiger partial charge in [0.1, 0.15) is 35.4 Å². The third-order valence-electron chi connectivity index (χ3n) is 6.54. The van der Waals surface area contributed by atoms with Crippen molar-refractivity contribution < 1.29 is 38.4 Å². The summed E-state index contributed by atoms with van der Waals surface area (Å²) >= 11 is 0. The highest BCUT2D eigenvalue weighted by Crippen LogP contribution is 2.36. The van der Waals surface area contributed by atoms with Gasteiger partial charge >= 0.3 is 18.0 Å². The van der Waals surface area contributed by atoms with Crippen molar-refractivity contribution in [1.29, 1.82) is 0 Å². The quantitative estimate of drug-likeness (QED) is 0.180. The van der Waals surface area contributed by atoms with Crippen molar-refractivity contribution in [3.05, 3.63) is 89.6 Å². The summed E-state index contributed by atoms with van der Waals surface area (Å²) in [5.74, 6) is -0.0417. The Hall–Kier alpha value is -4.99. The fraction of sp³-hybridized carbons (Fsp3) is 0.324. The molecular formula is C34H38N2O8. The van der Waals surface area contributed by atoms with E-state index in [4.69, 9.17) is 18.9 Å². The molecule has 2 heterocycles. The normalized spacial score (nSPS) is 13.8. The molecule has 10 nitrogen and oxygen atoms in total. The second kappa shape index (κ2) is 14.0. The second-order valence-corrected chi connectivity index (χ2v) is 11.1. The van der Waals surface area contributed by atoms with Gasteiger partial charge in [0.05, 0.1) is 18.9 Å². The number of carbonyl (C=O) groups excluding carboxylic acids is 3. The summed E-state index contributed by atoms with van der Waals surface area (Å²) in [6.07, 6.45) is -0.289. The molecule has 1 amide bonds. The van der Waals surface area contributed by atoms with Crippen molar-refractivity contribution in [1.82, 2.24) is 4.98 Å². The number of carbonyl (C=O) groups is 3. The number of H-pyrrole nitrogens is 1. The van der Waals surface area contributed by atoms with E-state index in [1.54, 1.807) is 46.8 Å². The van der Waals surface area contributed by atoms with Crippen molar-refractivity contribution >= 4 is 34.6 Å². The Morgan fingerprint density at radius 2 is 1.66 bits per heavy atom. The molecule has 1 unspecified atom stereocenters. The number of aromatic amines is 1. The van der Waals surface area contributed by atoms with Gasteiger partial charge in [-0.25, -0.2) is 14.4 Å². The molecule has 1 aliphatic heterocycles. The topological polar surface area (TPSA) is 127 Å². The molecule has 1 atom stereocenters. The molecule has 0 saturated heterocycles. The largest absolute Gasteiger partial charge is 0.508 e. The third-order valence-corrected chi connectivity index (χ3v) is 6.54. The summed E-state index contributed by atoms with van der Waals surface area (Å²) in [5, 5.41) is 10.6. The van der Waals surface area contributed by atoms with Gasteiger partial charge in [-0.15, -0.1) is 0 Å². The van der Waals surface area contributed by atoms with Crippen LogP contribution in [0, 0.1) is 0 Å². The molecule has 0 radical (unpaired) electrons. The van der Waals surface area contributed by atoms with Crippen LogP contribution < -0.4 is 9.64 Å². The molecule has 2 N–H and O–H groups in total. The van der Waals surface area contributed by atoms with Crippen LogP contribution in [0.15, 0.2) is 72.8 Å². The van der Waals surface area contributed by atoms with Gasteiger partial charge in [0, 0.05) is 29.5 Å². The van der Waals surface area contributed by atoms with Crippen LogP contribution in [-0.2, 0) is 32.0 Å². The zero-order valence-corrected chi connectivity index (χ0v) is 25.6. The fourth-order valence-corrected chi connectivity index (χ4v) is 4.64. The van der Waals surface area contributed by atoms with Crippen LogP contribution in [0.1, 0.15) is 56.2 Å². The zero-order valence-electron chi connectivity index (χ0n) is 25.6. The molecule has 232 valence electrons. The summed E-state index contributed by atoms with van der Waals surface area (Å²) in [6, 6.07) is 21.4. The highest BCUT2D eigenvalue weighted by molar-refractivity contribution is 5.99. The number of phenolic OH excluding ortho intramolecular Hbond substituents is 1. The van der Waals surface area contributed by atoms with Crippen LogP contribution in [-0.4, -0.2) is 53.0 Å². The Bertz CT molecular complexity index is 1610. The number of hydrogen-bond donors (Lipinski definition) is 2. The van der Waals surface area contributed by atoms with Crippen molar-refractivity contribution in [2.24, 2.45) is 0 Å². The van der Waals surface area contributed by atoms with Gasteiger partial charge in [0.2, 0.25) is 0 Å². The number of fused-ring (bicyclic) bond motifs is 2. The van der Waals surface area contributed by atoms with E-state index in [1.165, 1.54) is 17.0 Å². The first-order chi connectivity index (χ1) is 21.0. The van der Waals surface area contributed by atoms with Crippen LogP contribution >= 0.6 is 0 Å². The number of ether oxygens (including phenoxy) is 4. The minimum Gasteiger partial charge on any atom is -0.508 e. The van der Waals surface area contributed by atoms with Crippen LogP contribution in [0.3, 0.4) is 0 Å². The second-order valence-electron chi connectivity index (χ2n) is 11.1. The Labute approximate surface area is 256 Å². The van der Waals surface area contributed by atoms with E-state index in [-0.39, 0.29) is 18.3 Å². The molecule has 5 rings (SSSR count). The zero-order chi connectivity index (χ0) is 31.9. The average Bonchev–Trinajstić information content (AvgIpc) is 3.58. The number of nitrogens with zero attached hydrogens (tertiary/aromatic N) is 1. The number of phenols is 1. The molecule has 4 aromatic rings. The third kappa shape index (κ3) is 8.09. The first kappa shape index (κ1) is 31.9. The van der Waals surface area contributed by atoms with Gasteiger partial charge in [-0.05, 0) is 70.0 Å². The standard InChI is InChI=1S/C18H17NO3.C16H21NO5/c1-2-21-18(20)17-10-14-8-9-15(11-16(14)19-17)22-12-13-6-4-3-5-7-13;1-5-21-14(19)13-8-10-6-7-11(18)9-12(10)17(13)15(20)22-16(2,3)4/h3-11,19H,2,12H2,1H3;6-7,9,13,18H,5,8H2,1-4H3. The number of esters is 2. The van der Waals surface area contributed by atoms with Gasteiger partial charge in [-0.2, -0.15) is 0 Å². The molecule has 0 saturated carbocycles. The van der Waals surface area contributed by atoms with Crippen molar-refractivity contribution in [2.75, 3.05) is 18.1 Å². The van der Waals surface area contributed by atoms with Gasteiger partial charge in [0.25, 0.3) is 0 Å². The maximum absolute atomic E-state index is 12.5. The monoisotopic (exact) mass is 602 g/mol. The summed E-state index contributed by atoms with van der Waals surface area (Å²) in [4.78, 5) is 40.7. The summed E-state index contributed by atoms with van der Waals surface area (Å²) in [7, 11) is 0. The number of nitrogens with one attached hydrogen (secondary N) is 1. The van der Waals surface area contributed by atoms with E-state index in [9.17, 15) is 19.5 Å². The smallest absolute Gasteiger partial charge is 0.415 e. The molecule has 1 aromatic heterocycles. The number of amides is 1. The molecular weight excluding hydrogens is 564 g/mol. The number of aromatic hydroxyl groups is 1. The lowest BCUT2D eigenvalue weighted by Crippen LogP contribution is -2.46. The lowest BCUT2D eigenvalue weighted by molar-refractivity contribution is -0.144. The molecule has 0 fully saturated rings. The van der Waals surface area contributed by atoms with Gasteiger partial charge in [-0.3, -0.25) is 4.90 Å². The SMILES string of the molecule is CCOC(=O)C1Cc2ccc(O)cc2N1C(=O)OC(C)(C)C.CCOC(=O)c1cc2ccc(OCc3ccccc3)cc2[nH]1. The average molecular weight is 603 g/mol. The predicted molar refractivity (Wildman–Crippen MR) is 166 cm³/mol. The number of benzene rings is 3. The summed E-state index contributed by atoms with van der Waals surface area (Å²) in [6.45, 7) is 9.87. The maximum Gasteiger partial charge on any atom is 0.415 e. The van der Waals surface area contributed by atoms with Crippen LogP contribution in [0.2, 0.25) is 0 Å². The van der Waals surface area contributed by atoms with Crippen molar-refractivity contribution in [3.8, 4) is 11.5 Å². The molecule has 3 aromatic carbocycles. The first-order valence-corrected chi connectivity index (χ1v) is 14.5. The van der Waals surface area contributed by atoms with Gasteiger partial charge in [-0.1, -0.05) is 36.4 Å². The van der Waals surface area contributed by atoms with E-state index in [0.29, 0.717) is 31.0 Å². The Balaban J connectivity index is 0.000000201. The van der Waals surface area contributed by atoms with E-state index in [0.717, 1.165) is 27.8 Å². The van der Waals surface area contributed by atoms with Gasteiger partial charge in [0.15, 0.2) is 0 Å². The molecule has 0 spiro atoms.